The number of rotatable bonds is 8. The van der Waals surface area contributed by atoms with Gasteiger partial charge in [0.2, 0.25) is 0 Å². The van der Waals surface area contributed by atoms with E-state index in [0.29, 0.717) is 35.7 Å². The number of benzene rings is 2. The highest BCUT2D eigenvalue weighted by atomic mass is 16.5. The SMILES string of the molecule is COc1cc(C(=O)N2CC3CC4CC2[C@H]43)cc2nc(-c3cc4ccccc4n3CC3CC3)n(Cc3cnn(-c4ccccn4)c3)c12. The van der Waals surface area contributed by atoms with Gasteiger partial charge >= 0.3 is 0 Å². The smallest absolute Gasteiger partial charge is 0.254 e. The second-order valence-electron chi connectivity index (χ2n) is 13.8. The quantitative estimate of drug-likeness (QED) is 0.206. The molecule has 10 rings (SSSR count). The zero-order valence-corrected chi connectivity index (χ0v) is 25.8. The number of likely N-dealkylation sites (tertiary alicyclic amines) is 1. The molecule has 1 amide bonds. The predicted octanol–water partition coefficient (Wildman–Crippen LogP) is 6.19. The minimum atomic E-state index is 0.105. The molecule has 3 unspecified atom stereocenters. The lowest BCUT2D eigenvalue weighted by Crippen LogP contribution is -2.53. The molecule has 4 atom stereocenters. The number of carbonyl (C=O) groups is 1. The number of nitrogens with zero attached hydrogens (tertiary/aromatic N) is 7. The van der Waals surface area contributed by atoms with Crippen LogP contribution in [0.3, 0.4) is 0 Å². The number of pyridine rings is 1. The summed E-state index contributed by atoms with van der Waals surface area (Å²) in [5, 5.41) is 5.83. The van der Waals surface area contributed by atoms with E-state index in [0.717, 1.165) is 65.3 Å². The third-order valence-corrected chi connectivity index (χ3v) is 11.1. The number of hydrogen-bond acceptors (Lipinski definition) is 5. The van der Waals surface area contributed by atoms with E-state index in [1.54, 1.807) is 18.0 Å². The second-order valence-corrected chi connectivity index (χ2v) is 13.8. The molecule has 4 aromatic heterocycles. The molecule has 1 saturated heterocycles. The summed E-state index contributed by atoms with van der Waals surface area (Å²) >= 11 is 0. The van der Waals surface area contributed by atoms with Crippen LogP contribution in [0.5, 0.6) is 5.75 Å². The molecular formula is C37H35N7O2. The first-order chi connectivity index (χ1) is 22.6. The number of aromatic nitrogens is 6. The van der Waals surface area contributed by atoms with E-state index >= 15 is 0 Å². The highest BCUT2D eigenvalue weighted by molar-refractivity contribution is 6.00. The van der Waals surface area contributed by atoms with Crippen LogP contribution < -0.4 is 4.74 Å². The van der Waals surface area contributed by atoms with E-state index in [9.17, 15) is 4.79 Å². The van der Waals surface area contributed by atoms with Gasteiger partial charge in [-0.1, -0.05) is 24.3 Å². The molecule has 9 heteroatoms. The largest absolute Gasteiger partial charge is 0.494 e. The number of carbonyl (C=O) groups excluding carboxylic acids is 1. The fraction of sp³-hybridized carbons (Fsp3) is 0.351. The Morgan fingerprint density at radius 3 is 2.70 bits per heavy atom. The highest BCUT2D eigenvalue weighted by Crippen LogP contribution is 2.60. The third-order valence-electron chi connectivity index (χ3n) is 11.1. The van der Waals surface area contributed by atoms with Crippen molar-refractivity contribution in [1.82, 2.24) is 33.8 Å². The Bertz CT molecular complexity index is 2160. The molecule has 0 bridgehead atoms. The maximum atomic E-state index is 14.0. The summed E-state index contributed by atoms with van der Waals surface area (Å²) in [5.41, 5.74) is 5.63. The van der Waals surface area contributed by atoms with Gasteiger partial charge in [-0.2, -0.15) is 5.10 Å². The lowest BCUT2D eigenvalue weighted by Gasteiger charge is -2.52. The second kappa shape index (κ2) is 9.79. The normalized spacial score (nSPS) is 23.0. The summed E-state index contributed by atoms with van der Waals surface area (Å²) in [4.78, 5) is 26.0. The van der Waals surface area contributed by atoms with E-state index in [2.05, 4.69) is 54.4 Å². The van der Waals surface area contributed by atoms with Gasteiger partial charge in [0.25, 0.3) is 5.91 Å². The number of hydrogen-bond donors (Lipinski definition) is 0. The van der Waals surface area contributed by atoms with Crippen molar-refractivity contribution in [2.45, 2.75) is 44.8 Å². The summed E-state index contributed by atoms with van der Waals surface area (Å²) in [6.07, 6.45) is 10.6. The van der Waals surface area contributed by atoms with Gasteiger partial charge in [-0.05, 0) is 85.8 Å². The van der Waals surface area contributed by atoms with E-state index < -0.39 is 0 Å². The molecular weight excluding hydrogens is 574 g/mol. The number of methoxy groups -OCH3 is 1. The first-order valence-electron chi connectivity index (χ1n) is 16.6. The number of para-hydroxylation sites is 1. The minimum absolute atomic E-state index is 0.105. The lowest BCUT2D eigenvalue weighted by atomic mass is 9.53. The molecule has 0 radical (unpaired) electrons. The number of amides is 1. The fourth-order valence-electron chi connectivity index (χ4n) is 8.61. The van der Waals surface area contributed by atoms with Gasteiger partial charge in [0, 0.05) is 53.6 Å². The van der Waals surface area contributed by atoms with Crippen molar-refractivity contribution < 1.29 is 9.53 Å². The van der Waals surface area contributed by atoms with Crippen molar-refractivity contribution in [1.29, 1.82) is 0 Å². The molecule has 1 aliphatic heterocycles. The lowest BCUT2D eigenvalue weighted by molar-refractivity contribution is -0.0204. The number of imidazole rings is 1. The van der Waals surface area contributed by atoms with Gasteiger partial charge in [0.05, 0.1) is 31.1 Å². The first-order valence-corrected chi connectivity index (χ1v) is 16.6. The van der Waals surface area contributed by atoms with E-state index in [1.807, 2.05) is 42.7 Å². The van der Waals surface area contributed by atoms with Crippen molar-refractivity contribution in [3.8, 4) is 23.1 Å². The summed E-state index contributed by atoms with van der Waals surface area (Å²) < 4.78 is 12.6. The molecule has 3 aliphatic carbocycles. The number of fused-ring (bicyclic) bond motifs is 2. The van der Waals surface area contributed by atoms with Gasteiger partial charge < -0.3 is 18.8 Å². The van der Waals surface area contributed by atoms with Crippen LogP contribution in [0.25, 0.3) is 39.3 Å². The fourth-order valence-corrected chi connectivity index (χ4v) is 8.61. The van der Waals surface area contributed by atoms with Gasteiger partial charge in [0.1, 0.15) is 11.3 Å². The van der Waals surface area contributed by atoms with Crippen LogP contribution in [-0.2, 0) is 13.1 Å². The van der Waals surface area contributed by atoms with Gasteiger partial charge in [-0.3, -0.25) is 4.79 Å². The van der Waals surface area contributed by atoms with Gasteiger partial charge in [0.15, 0.2) is 11.6 Å². The van der Waals surface area contributed by atoms with Crippen LogP contribution in [0.2, 0.25) is 0 Å². The van der Waals surface area contributed by atoms with Crippen LogP contribution >= 0.6 is 0 Å². The molecule has 0 spiro atoms. The zero-order chi connectivity index (χ0) is 30.5. The van der Waals surface area contributed by atoms with Crippen molar-refractivity contribution in [3.05, 3.63) is 90.4 Å². The van der Waals surface area contributed by atoms with E-state index in [-0.39, 0.29) is 5.91 Å². The summed E-state index contributed by atoms with van der Waals surface area (Å²) in [5.74, 6) is 5.33. The minimum Gasteiger partial charge on any atom is -0.494 e. The highest BCUT2D eigenvalue weighted by Gasteiger charge is 2.61. The molecule has 5 heterocycles. The van der Waals surface area contributed by atoms with E-state index in [1.165, 1.54) is 30.2 Å². The Kier molecular flexibility index (Phi) is 5.60. The summed E-state index contributed by atoms with van der Waals surface area (Å²) in [7, 11) is 1.69. The van der Waals surface area contributed by atoms with Crippen molar-refractivity contribution in [2.24, 2.45) is 23.7 Å². The summed E-state index contributed by atoms with van der Waals surface area (Å²) in [6, 6.07) is 21.0. The van der Waals surface area contributed by atoms with Crippen molar-refractivity contribution in [2.75, 3.05) is 13.7 Å². The Labute approximate surface area is 266 Å². The zero-order valence-electron chi connectivity index (χ0n) is 25.8. The Morgan fingerprint density at radius 2 is 1.89 bits per heavy atom. The summed E-state index contributed by atoms with van der Waals surface area (Å²) in [6.45, 7) is 2.38. The third kappa shape index (κ3) is 3.93. The van der Waals surface area contributed by atoms with Gasteiger partial charge in [-0.25, -0.2) is 14.6 Å². The monoisotopic (exact) mass is 609 g/mol. The maximum absolute atomic E-state index is 14.0. The predicted molar refractivity (Wildman–Crippen MR) is 175 cm³/mol. The van der Waals surface area contributed by atoms with Crippen LogP contribution in [0, 0.1) is 23.7 Å². The van der Waals surface area contributed by atoms with Crippen molar-refractivity contribution >= 4 is 27.8 Å². The first kappa shape index (κ1) is 26.3. The molecule has 9 nitrogen and oxygen atoms in total. The van der Waals surface area contributed by atoms with E-state index in [4.69, 9.17) is 9.72 Å². The molecule has 6 aromatic rings. The molecule has 46 heavy (non-hydrogen) atoms. The van der Waals surface area contributed by atoms with Crippen LogP contribution in [-0.4, -0.2) is 59.4 Å². The Morgan fingerprint density at radius 1 is 1.00 bits per heavy atom. The molecule has 3 saturated carbocycles. The molecule has 230 valence electrons. The number of ether oxygens (including phenoxy) is 1. The maximum Gasteiger partial charge on any atom is 0.254 e. The average molecular weight is 610 g/mol. The molecule has 0 N–H and O–H groups in total. The van der Waals surface area contributed by atoms with Crippen molar-refractivity contribution in [3.63, 3.8) is 0 Å². The van der Waals surface area contributed by atoms with Gasteiger partial charge in [-0.15, -0.1) is 0 Å². The Hall–Kier alpha value is -4.92. The topological polar surface area (TPSA) is 83.0 Å². The Balaban J connectivity index is 1.13. The standard InChI is InChI=1S/C37H35N7O2/c1-46-32-16-26(37(45)42-21-27-12-25-15-30(42)34(25)27)13-28-35(32)43(19-23-17-39-44(20-23)33-8-4-5-11-38-33)36(40-28)31-14-24-6-2-3-7-29(24)41(31)18-22-9-10-22/h2-8,11,13-14,16-17,20,22,25,27,30,34H,9-10,12,15,18-19,21H2,1H3/t25?,27?,30?,34-/m1/s1. The molecule has 2 aromatic carbocycles. The van der Waals surface area contributed by atoms with Crippen LogP contribution in [0.4, 0.5) is 0 Å². The molecule has 4 fully saturated rings. The molecule has 4 aliphatic rings. The average Bonchev–Trinajstić information content (AvgIpc) is 3.47. The van der Waals surface area contributed by atoms with Crippen LogP contribution in [0.15, 0.2) is 79.3 Å². The van der Waals surface area contributed by atoms with Crippen LogP contribution in [0.1, 0.15) is 41.6 Å².